The fourth-order valence-electron chi connectivity index (χ4n) is 4.72. The van der Waals surface area contributed by atoms with Crippen LogP contribution in [-0.4, -0.2) is 4.92 Å². The molecule has 5 aromatic carbocycles. The lowest BCUT2D eigenvalue weighted by Crippen LogP contribution is -1.94. The topological polar surface area (TPSA) is 43.1 Å². The van der Waals surface area contributed by atoms with Gasteiger partial charge in [-0.3, -0.25) is 10.1 Å². The van der Waals surface area contributed by atoms with E-state index in [9.17, 15) is 10.1 Å². The lowest BCUT2D eigenvalue weighted by atomic mass is 9.94. The van der Waals surface area contributed by atoms with Crippen LogP contribution in [0.2, 0.25) is 0 Å². The largest absolute Gasteiger partial charge is 0.284 e. The van der Waals surface area contributed by atoms with E-state index in [4.69, 9.17) is 0 Å². The summed E-state index contributed by atoms with van der Waals surface area (Å²) in [6.07, 6.45) is 0.898. The maximum atomic E-state index is 12.0. The molecule has 0 spiro atoms. The van der Waals surface area contributed by atoms with E-state index in [1.807, 2.05) is 42.5 Å². The highest BCUT2D eigenvalue weighted by Gasteiger charge is 2.23. The van der Waals surface area contributed by atoms with Crippen molar-refractivity contribution in [3.63, 3.8) is 0 Å². The van der Waals surface area contributed by atoms with Gasteiger partial charge in [0.25, 0.3) is 5.69 Å². The van der Waals surface area contributed by atoms with Gasteiger partial charge in [-0.15, -0.1) is 0 Å². The van der Waals surface area contributed by atoms with E-state index < -0.39 is 0 Å². The van der Waals surface area contributed by atoms with Crippen LogP contribution in [0.4, 0.5) is 5.69 Å². The summed E-state index contributed by atoms with van der Waals surface area (Å²) in [4.78, 5) is 11.7. The first-order valence-electron chi connectivity index (χ1n) is 10.0. The van der Waals surface area contributed by atoms with Crippen LogP contribution in [0.25, 0.3) is 43.8 Å². The molecule has 0 unspecified atom stereocenters. The fourth-order valence-corrected chi connectivity index (χ4v) is 4.72. The summed E-state index contributed by atoms with van der Waals surface area (Å²) < 4.78 is 0. The highest BCUT2D eigenvalue weighted by molar-refractivity contribution is 5.99. The number of nitro groups is 1. The summed E-state index contributed by atoms with van der Waals surface area (Å²) in [5.74, 6) is 0. The van der Waals surface area contributed by atoms with Crippen LogP contribution in [0, 0.1) is 10.1 Å². The van der Waals surface area contributed by atoms with E-state index in [1.54, 1.807) is 0 Å². The van der Waals surface area contributed by atoms with Crippen LogP contribution >= 0.6 is 0 Å². The molecule has 0 fully saturated rings. The first kappa shape index (κ1) is 16.9. The summed E-state index contributed by atoms with van der Waals surface area (Å²) in [5.41, 5.74) is 6.71. The third kappa shape index (κ3) is 2.45. The van der Waals surface area contributed by atoms with Gasteiger partial charge in [-0.2, -0.15) is 0 Å². The van der Waals surface area contributed by atoms with E-state index in [-0.39, 0.29) is 10.6 Å². The lowest BCUT2D eigenvalue weighted by Gasteiger charge is -2.09. The van der Waals surface area contributed by atoms with Crippen LogP contribution in [0.5, 0.6) is 0 Å². The van der Waals surface area contributed by atoms with Crippen LogP contribution in [-0.2, 0) is 6.42 Å². The van der Waals surface area contributed by atoms with Crippen molar-refractivity contribution >= 4 is 27.2 Å². The molecular formula is C27H17NO2. The zero-order valence-corrected chi connectivity index (χ0v) is 16.1. The Morgan fingerprint density at radius 2 is 1.33 bits per heavy atom. The molecule has 3 heteroatoms. The molecule has 1 aliphatic carbocycles. The van der Waals surface area contributed by atoms with E-state index in [2.05, 4.69) is 48.5 Å². The molecule has 0 atom stereocenters. The first-order valence-corrected chi connectivity index (χ1v) is 10.0. The summed E-state index contributed by atoms with van der Waals surface area (Å²) in [6.45, 7) is 0. The van der Waals surface area contributed by atoms with Gasteiger partial charge in [0, 0.05) is 0 Å². The molecule has 5 aromatic rings. The molecule has 30 heavy (non-hydrogen) atoms. The molecule has 0 saturated heterocycles. The van der Waals surface area contributed by atoms with Crippen LogP contribution in [0.15, 0.2) is 91.0 Å². The molecule has 0 amide bonds. The Hall–Kier alpha value is -3.98. The van der Waals surface area contributed by atoms with Gasteiger partial charge in [0.1, 0.15) is 0 Å². The predicted molar refractivity (Wildman–Crippen MR) is 122 cm³/mol. The highest BCUT2D eigenvalue weighted by atomic mass is 16.6. The van der Waals surface area contributed by atoms with Crippen molar-refractivity contribution in [3.8, 4) is 22.3 Å². The van der Waals surface area contributed by atoms with Crippen molar-refractivity contribution in [1.82, 2.24) is 0 Å². The van der Waals surface area contributed by atoms with Crippen molar-refractivity contribution in [2.45, 2.75) is 6.42 Å². The Kier molecular flexibility index (Phi) is 3.53. The highest BCUT2D eigenvalue weighted by Crippen LogP contribution is 2.43. The Morgan fingerprint density at radius 1 is 0.633 bits per heavy atom. The second kappa shape index (κ2) is 6.26. The molecule has 0 bridgehead atoms. The van der Waals surface area contributed by atoms with Gasteiger partial charge in [-0.25, -0.2) is 0 Å². The summed E-state index contributed by atoms with van der Waals surface area (Å²) >= 11 is 0. The van der Waals surface area contributed by atoms with E-state index in [1.165, 1.54) is 33.0 Å². The smallest absolute Gasteiger partial charge is 0.258 e. The average molecular weight is 387 g/mol. The third-order valence-corrected chi connectivity index (χ3v) is 6.15. The maximum absolute atomic E-state index is 12.0. The monoisotopic (exact) mass is 387 g/mol. The van der Waals surface area contributed by atoms with Gasteiger partial charge in [0.2, 0.25) is 0 Å². The normalized spacial score (nSPS) is 12.1. The second-order valence-electron chi connectivity index (χ2n) is 7.85. The Morgan fingerprint density at radius 3 is 2.13 bits per heavy atom. The standard InChI is InChI=1S/C27H17NO2/c29-28(30)27-23-8-4-3-5-17(23)11-12-24(27)21-10-9-20-14-22-13-18-6-1-2-7-19(18)15-26(22)25(20)16-21/h1-13,15-16H,14H2. The van der Waals surface area contributed by atoms with E-state index in [0.717, 1.165) is 17.4 Å². The summed E-state index contributed by atoms with van der Waals surface area (Å²) in [6, 6.07) is 30.5. The van der Waals surface area contributed by atoms with Crippen LogP contribution < -0.4 is 0 Å². The molecule has 0 N–H and O–H groups in total. The van der Waals surface area contributed by atoms with Gasteiger partial charge in [-0.05, 0) is 74.7 Å². The molecule has 142 valence electrons. The Balaban J connectivity index is 1.57. The Bertz CT molecular complexity index is 1500. The van der Waals surface area contributed by atoms with Crippen LogP contribution in [0.1, 0.15) is 11.1 Å². The minimum Gasteiger partial charge on any atom is -0.258 e. The molecular weight excluding hydrogens is 370 g/mol. The molecule has 0 aliphatic heterocycles. The summed E-state index contributed by atoms with van der Waals surface area (Å²) in [7, 11) is 0. The van der Waals surface area contributed by atoms with Gasteiger partial charge in [0.05, 0.1) is 15.9 Å². The minimum atomic E-state index is -0.258. The molecule has 1 aliphatic rings. The molecule has 3 nitrogen and oxygen atoms in total. The van der Waals surface area contributed by atoms with Gasteiger partial charge < -0.3 is 0 Å². The molecule has 0 heterocycles. The second-order valence-corrected chi connectivity index (χ2v) is 7.85. The lowest BCUT2D eigenvalue weighted by molar-refractivity contribution is -0.382. The first-order chi connectivity index (χ1) is 14.7. The number of nitrogens with zero attached hydrogens (tertiary/aromatic N) is 1. The fraction of sp³-hybridized carbons (Fsp3) is 0.0370. The number of benzene rings is 5. The molecule has 6 rings (SSSR count). The van der Waals surface area contributed by atoms with Crippen LogP contribution in [0.3, 0.4) is 0 Å². The number of hydrogen-bond donors (Lipinski definition) is 0. The minimum absolute atomic E-state index is 0.171. The molecule has 0 saturated carbocycles. The predicted octanol–water partition coefficient (Wildman–Crippen LogP) is 7.14. The number of fused-ring (bicyclic) bond motifs is 5. The Labute approximate surface area is 173 Å². The van der Waals surface area contributed by atoms with Crippen molar-refractivity contribution in [2.75, 3.05) is 0 Å². The van der Waals surface area contributed by atoms with Gasteiger partial charge >= 0.3 is 0 Å². The number of nitro benzene ring substituents is 1. The summed E-state index contributed by atoms with van der Waals surface area (Å²) in [5, 5.41) is 16.0. The van der Waals surface area contributed by atoms with E-state index in [0.29, 0.717) is 10.9 Å². The van der Waals surface area contributed by atoms with Crippen molar-refractivity contribution in [2.24, 2.45) is 0 Å². The van der Waals surface area contributed by atoms with Crippen molar-refractivity contribution < 1.29 is 4.92 Å². The number of rotatable bonds is 2. The van der Waals surface area contributed by atoms with Gasteiger partial charge in [0.15, 0.2) is 0 Å². The van der Waals surface area contributed by atoms with Crippen molar-refractivity contribution in [1.29, 1.82) is 0 Å². The maximum Gasteiger partial charge on any atom is 0.284 e. The van der Waals surface area contributed by atoms with Gasteiger partial charge in [-0.1, -0.05) is 66.7 Å². The SMILES string of the molecule is O=[N+]([O-])c1c(-c2ccc3c(c2)-c2cc4ccccc4cc2C3)ccc2ccccc12. The average Bonchev–Trinajstić information content (AvgIpc) is 3.13. The molecule has 0 radical (unpaired) electrons. The third-order valence-electron chi connectivity index (χ3n) is 6.15. The zero-order valence-electron chi connectivity index (χ0n) is 16.1. The quantitative estimate of drug-likeness (QED) is 0.234. The zero-order chi connectivity index (χ0) is 20.2. The van der Waals surface area contributed by atoms with E-state index >= 15 is 0 Å². The van der Waals surface area contributed by atoms with Crippen molar-refractivity contribution in [3.05, 3.63) is 112 Å². The molecule has 0 aromatic heterocycles. The number of hydrogen-bond acceptors (Lipinski definition) is 2.